The molecule has 3 aromatic carbocycles. The Labute approximate surface area is 274 Å². The molecule has 4 N–H and O–H groups in total. The van der Waals surface area contributed by atoms with Gasteiger partial charge < -0.3 is 25.0 Å². The summed E-state index contributed by atoms with van der Waals surface area (Å²) < 4.78 is 6.13. The number of amides is 2. The first kappa shape index (κ1) is 32.7. The van der Waals surface area contributed by atoms with Gasteiger partial charge in [-0.25, -0.2) is 0 Å². The molecule has 2 amide bonds. The second kappa shape index (κ2) is 14.3. The summed E-state index contributed by atoms with van der Waals surface area (Å²) in [5, 5.41) is 42.5. The van der Waals surface area contributed by atoms with Crippen LogP contribution in [-0.2, 0) is 19.0 Å². The maximum absolute atomic E-state index is 13.7. The van der Waals surface area contributed by atoms with Crippen molar-refractivity contribution in [2.75, 3.05) is 13.2 Å². The molecule has 0 radical (unpaired) electrons. The summed E-state index contributed by atoms with van der Waals surface area (Å²) in [7, 11) is -1.12. The Morgan fingerprint density at radius 2 is 1.66 bits per heavy atom. The third kappa shape index (κ3) is 6.77. The van der Waals surface area contributed by atoms with Crippen LogP contribution in [0.5, 0.6) is 5.75 Å². The zero-order valence-corrected chi connectivity index (χ0v) is 26.3. The van der Waals surface area contributed by atoms with E-state index in [4.69, 9.17) is 9.76 Å². The van der Waals surface area contributed by atoms with Crippen LogP contribution in [0, 0.1) is 17.8 Å². The number of hydrogen-bond donors (Lipinski definition) is 4. The molecular weight excluding hydrogens is 597 g/mol. The number of aliphatic carboxylic acids is 1. The van der Waals surface area contributed by atoms with Gasteiger partial charge in [-0.2, -0.15) is 0 Å². The number of nitrogens with zero attached hydrogens (tertiary/aromatic N) is 1. The molecule has 0 spiro atoms. The van der Waals surface area contributed by atoms with Crippen LogP contribution in [0.1, 0.15) is 56.1 Å². The molecule has 47 heavy (non-hydrogen) atoms. The molecule has 0 unspecified atom stereocenters. The van der Waals surface area contributed by atoms with Gasteiger partial charge in [-0.1, -0.05) is 73.2 Å². The van der Waals surface area contributed by atoms with Gasteiger partial charge in [0.15, 0.2) is 0 Å². The number of carboxylic acid groups (broad SMARTS) is 1. The molecule has 0 saturated carbocycles. The number of phenols is 1. The quantitative estimate of drug-likeness (QED) is 0.0689. The monoisotopic (exact) mass is 637 g/mol. The van der Waals surface area contributed by atoms with Crippen molar-refractivity contribution in [3.8, 4) is 5.75 Å². The van der Waals surface area contributed by atoms with Crippen molar-refractivity contribution in [2.24, 2.45) is 17.8 Å². The van der Waals surface area contributed by atoms with Gasteiger partial charge >= 0.3 is 13.1 Å². The lowest BCUT2D eigenvalue weighted by atomic mass is 9.58. The number of aliphatic hydroxyl groups excluding tert-OH is 1. The van der Waals surface area contributed by atoms with E-state index < -0.39 is 36.9 Å². The van der Waals surface area contributed by atoms with Crippen LogP contribution >= 0.6 is 0 Å². The number of unbranched alkanes of at least 4 members (excludes halogenated alkanes) is 2. The number of hydrogen-bond acceptors (Lipinski definition) is 7. The number of rotatable bonds is 12. The van der Waals surface area contributed by atoms with Crippen molar-refractivity contribution in [2.45, 2.75) is 57.4 Å². The number of likely N-dealkylation sites (tertiary alicyclic amines) is 1. The summed E-state index contributed by atoms with van der Waals surface area (Å²) >= 11 is 0. The first-order chi connectivity index (χ1) is 22.8. The van der Waals surface area contributed by atoms with Gasteiger partial charge in [-0.15, -0.1) is 0 Å². The average molecular weight is 638 g/mol. The topological polar surface area (TPSA) is 145 Å². The van der Waals surface area contributed by atoms with Crippen LogP contribution < -0.4 is 0 Å². The Kier molecular flexibility index (Phi) is 9.91. The third-order valence-corrected chi connectivity index (χ3v) is 9.95. The van der Waals surface area contributed by atoms with Crippen LogP contribution in [0.25, 0.3) is 22.4 Å². The lowest BCUT2D eigenvalue weighted by Crippen LogP contribution is -2.46. The van der Waals surface area contributed by atoms with Crippen molar-refractivity contribution < 1.29 is 39.4 Å². The SMILES string of the molecule is O=C(O)CCCCCN1C(=O)[C@@H]2[C@@H](CC(CO)=C3[C@@H](CC/C(=C/c4ccc(O)c5ccccc45)c4ccccc4)OB(O)C[C@@H]32)C1=O. The van der Waals surface area contributed by atoms with E-state index in [1.807, 2.05) is 60.7 Å². The van der Waals surface area contributed by atoms with Crippen LogP contribution in [0.3, 0.4) is 0 Å². The molecule has 0 bridgehead atoms. The number of imide groups is 1. The number of carboxylic acids is 1. The summed E-state index contributed by atoms with van der Waals surface area (Å²) in [6.45, 7) is -0.0248. The molecule has 2 saturated heterocycles. The molecule has 10 heteroatoms. The van der Waals surface area contributed by atoms with E-state index in [0.29, 0.717) is 37.7 Å². The minimum atomic E-state index is -1.12. The molecule has 9 nitrogen and oxygen atoms in total. The van der Waals surface area contributed by atoms with Gasteiger partial charge in [0.05, 0.1) is 24.5 Å². The number of benzene rings is 3. The van der Waals surface area contributed by atoms with Crippen molar-refractivity contribution in [1.82, 2.24) is 4.90 Å². The fourth-order valence-corrected chi connectivity index (χ4v) is 7.78. The van der Waals surface area contributed by atoms with Gasteiger partial charge in [-0.05, 0) is 83.6 Å². The van der Waals surface area contributed by atoms with Gasteiger partial charge in [0, 0.05) is 18.4 Å². The number of aromatic hydroxyl groups is 1. The predicted octanol–water partition coefficient (Wildman–Crippen LogP) is 5.30. The molecule has 3 aliphatic rings. The molecule has 4 atom stereocenters. The van der Waals surface area contributed by atoms with Crippen molar-refractivity contribution in [1.29, 1.82) is 0 Å². The Morgan fingerprint density at radius 1 is 0.915 bits per heavy atom. The number of fused-ring (bicyclic) bond motifs is 4. The highest BCUT2D eigenvalue weighted by molar-refractivity contribution is 6.43. The number of allylic oxidation sites excluding steroid dienone is 1. The van der Waals surface area contributed by atoms with E-state index in [9.17, 15) is 29.6 Å². The number of carbonyl (C=O) groups is 3. The maximum atomic E-state index is 13.7. The average Bonchev–Trinajstić information content (AvgIpc) is 3.31. The fraction of sp³-hybridized carbons (Fsp3) is 0.378. The van der Waals surface area contributed by atoms with Crippen LogP contribution in [0.2, 0.25) is 6.32 Å². The number of aliphatic hydroxyl groups is 1. The molecule has 1 aliphatic carbocycles. The predicted molar refractivity (Wildman–Crippen MR) is 179 cm³/mol. The summed E-state index contributed by atoms with van der Waals surface area (Å²) in [6, 6.07) is 21.3. The van der Waals surface area contributed by atoms with Gasteiger partial charge in [0.25, 0.3) is 0 Å². The first-order valence-electron chi connectivity index (χ1n) is 16.5. The minimum absolute atomic E-state index is 0.0499. The van der Waals surface area contributed by atoms with Gasteiger partial charge in [0.2, 0.25) is 11.8 Å². The van der Waals surface area contributed by atoms with Crippen LogP contribution in [0.15, 0.2) is 77.9 Å². The van der Waals surface area contributed by atoms with E-state index in [0.717, 1.165) is 33.0 Å². The van der Waals surface area contributed by atoms with Gasteiger partial charge in [0.1, 0.15) is 5.75 Å². The van der Waals surface area contributed by atoms with E-state index in [-0.39, 0.29) is 49.9 Å². The maximum Gasteiger partial charge on any atom is 0.455 e. The molecule has 2 fully saturated rings. The third-order valence-electron chi connectivity index (χ3n) is 9.95. The van der Waals surface area contributed by atoms with E-state index in [1.165, 1.54) is 4.90 Å². The van der Waals surface area contributed by atoms with Gasteiger partial charge in [-0.3, -0.25) is 19.3 Å². The van der Waals surface area contributed by atoms with Crippen molar-refractivity contribution >= 4 is 47.3 Å². The molecule has 3 aromatic rings. The van der Waals surface area contributed by atoms with Crippen LogP contribution in [0.4, 0.5) is 0 Å². The summed E-state index contributed by atoms with van der Waals surface area (Å²) in [5.41, 5.74) is 4.53. The molecule has 2 heterocycles. The number of phenolic OH excluding ortho intramolecular Hbond substituents is 1. The van der Waals surface area contributed by atoms with Crippen molar-refractivity contribution in [3.05, 3.63) is 89.0 Å². The molecule has 0 aromatic heterocycles. The number of carbonyl (C=O) groups excluding carboxylic acids is 2. The normalized spacial score (nSPS) is 23.0. The summed E-state index contributed by atoms with van der Waals surface area (Å²) in [4.78, 5) is 39.4. The molecule has 2 aliphatic heterocycles. The Hall–Kier alpha value is -4.25. The summed E-state index contributed by atoms with van der Waals surface area (Å²) in [6.07, 6.45) is 4.70. The Balaban J connectivity index is 1.26. The smallest absolute Gasteiger partial charge is 0.455 e. The first-order valence-corrected chi connectivity index (χ1v) is 16.5. The van der Waals surface area contributed by atoms with E-state index in [2.05, 4.69) is 6.08 Å². The molecule has 6 rings (SSSR count). The minimum Gasteiger partial charge on any atom is -0.507 e. The highest BCUT2D eigenvalue weighted by Gasteiger charge is 2.57. The molecule has 244 valence electrons. The van der Waals surface area contributed by atoms with Crippen molar-refractivity contribution in [3.63, 3.8) is 0 Å². The Morgan fingerprint density at radius 3 is 2.40 bits per heavy atom. The zero-order chi connectivity index (χ0) is 33.1. The second-order valence-electron chi connectivity index (χ2n) is 12.8. The second-order valence-corrected chi connectivity index (χ2v) is 12.8. The molecular formula is C37H40BNO8. The standard InChI is InChI=1S/C37H40BNO8/c40-22-26-20-29-35(37(45)39(36(29)44)18-8-2-5-13-33(42)43)30-21-38(46)47-32(34(26)30)17-15-24(23-9-3-1-4-10-23)19-25-14-16-31(41)28-12-7-6-11-27(25)28/h1,3-4,6-7,9-12,14,16,19,29-30,32,35,40-41,46H,2,5,8,13,15,17-18,20-22H2,(H,42,43)/b24-19-/t29-,30+,32-,35-/m1/s1. The lowest BCUT2D eigenvalue weighted by molar-refractivity contribution is -0.141. The van der Waals surface area contributed by atoms with Crippen LogP contribution in [-0.4, -0.2) is 69.4 Å². The van der Waals surface area contributed by atoms with E-state index >= 15 is 0 Å². The highest BCUT2D eigenvalue weighted by Crippen LogP contribution is 2.50. The largest absolute Gasteiger partial charge is 0.507 e. The Bertz CT molecular complexity index is 1720. The van der Waals surface area contributed by atoms with E-state index in [1.54, 1.807) is 6.07 Å². The lowest BCUT2D eigenvalue weighted by Gasteiger charge is -2.43. The summed E-state index contributed by atoms with van der Waals surface area (Å²) in [5.74, 6) is -2.81. The fourth-order valence-electron chi connectivity index (χ4n) is 7.78. The highest BCUT2D eigenvalue weighted by atomic mass is 16.5. The zero-order valence-electron chi connectivity index (χ0n) is 26.3.